The Morgan fingerprint density at radius 1 is 1.11 bits per heavy atom. The fraction of sp³-hybridized carbons (Fsp3) is 1.00. The Labute approximate surface area is 118 Å². The third kappa shape index (κ3) is 4.17. The van der Waals surface area contributed by atoms with Crippen molar-refractivity contribution >= 4 is 0 Å². The number of hydrogen-bond acceptors (Lipinski definition) is 3. The lowest BCUT2D eigenvalue weighted by atomic mass is 9.77. The van der Waals surface area contributed by atoms with Crippen molar-refractivity contribution in [2.75, 3.05) is 13.2 Å². The maximum absolute atomic E-state index is 9.55. The first-order valence-electron chi connectivity index (χ1n) is 8.32. The first kappa shape index (κ1) is 15.3. The van der Waals surface area contributed by atoms with Crippen LogP contribution in [0.4, 0.5) is 0 Å². The molecule has 19 heavy (non-hydrogen) atoms. The SMILES string of the molecule is CC(C)[C@@H](CO)NC1CCCCC1C1CCCCN1. The maximum Gasteiger partial charge on any atom is 0.0587 e. The van der Waals surface area contributed by atoms with Crippen LogP contribution in [0.5, 0.6) is 0 Å². The van der Waals surface area contributed by atoms with Gasteiger partial charge in [0.25, 0.3) is 0 Å². The molecule has 2 fully saturated rings. The van der Waals surface area contributed by atoms with Crippen LogP contribution >= 0.6 is 0 Å². The fourth-order valence-electron chi connectivity index (χ4n) is 3.82. The van der Waals surface area contributed by atoms with E-state index < -0.39 is 0 Å². The molecule has 1 aliphatic carbocycles. The summed E-state index contributed by atoms with van der Waals surface area (Å²) in [5.74, 6) is 1.27. The smallest absolute Gasteiger partial charge is 0.0587 e. The van der Waals surface area contributed by atoms with Crippen LogP contribution in [0.1, 0.15) is 58.8 Å². The Kier molecular flexibility index (Phi) is 6.11. The van der Waals surface area contributed by atoms with E-state index in [-0.39, 0.29) is 12.6 Å². The monoisotopic (exact) mass is 268 g/mol. The predicted molar refractivity (Wildman–Crippen MR) is 80.2 cm³/mol. The molecule has 3 N–H and O–H groups in total. The topological polar surface area (TPSA) is 44.3 Å². The van der Waals surface area contributed by atoms with Gasteiger partial charge in [-0.15, -0.1) is 0 Å². The lowest BCUT2D eigenvalue weighted by Crippen LogP contribution is -2.54. The first-order valence-corrected chi connectivity index (χ1v) is 8.32. The van der Waals surface area contributed by atoms with Crippen LogP contribution < -0.4 is 10.6 Å². The van der Waals surface area contributed by atoms with E-state index in [1.807, 2.05) is 0 Å². The minimum absolute atomic E-state index is 0.259. The van der Waals surface area contributed by atoms with E-state index in [0.29, 0.717) is 18.0 Å². The van der Waals surface area contributed by atoms with E-state index in [9.17, 15) is 5.11 Å². The van der Waals surface area contributed by atoms with Crippen LogP contribution in [0.3, 0.4) is 0 Å². The van der Waals surface area contributed by atoms with Gasteiger partial charge >= 0.3 is 0 Å². The second-order valence-corrected chi connectivity index (χ2v) is 6.81. The zero-order chi connectivity index (χ0) is 13.7. The molecule has 0 radical (unpaired) electrons. The highest BCUT2D eigenvalue weighted by molar-refractivity contribution is 4.92. The van der Waals surface area contributed by atoms with Gasteiger partial charge in [0, 0.05) is 18.1 Å². The predicted octanol–water partition coefficient (Wildman–Crippen LogP) is 2.29. The van der Waals surface area contributed by atoms with Gasteiger partial charge in [-0.3, -0.25) is 0 Å². The summed E-state index contributed by atoms with van der Waals surface area (Å²) in [6.45, 7) is 5.86. The van der Waals surface area contributed by atoms with Gasteiger partial charge in [-0.25, -0.2) is 0 Å². The van der Waals surface area contributed by atoms with Crippen molar-refractivity contribution in [3.63, 3.8) is 0 Å². The number of rotatable bonds is 5. The van der Waals surface area contributed by atoms with E-state index in [4.69, 9.17) is 0 Å². The third-order valence-electron chi connectivity index (χ3n) is 5.11. The van der Waals surface area contributed by atoms with Crippen LogP contribution in [0.2, 0.25) is 0 Å². The molecule has 1 heterocycles. The van der Waals surface area contributed by atoms with Gasteiger partial charge in [-0.2, -0.15) is 0 Å². The molecule has 2 aliphatic rings. The van der Waals surface area contributed by atoms with E-state index >= 15 is 0 Å². The highest BCUT2D eigenvalue weighted by atomic mass is 16.3. The van der Waals surface area contributed by atoms with E-state index in [1.54, 1.807) is 0 Å². The van der Waals surface area contributed by atoms with Crippen LogP contribution in [0.15, 0.2) is 0 Å². The minimum atomic E-state index is 0.259. The molecule has 1 aliphatic heterocycles. The summed E-state index contributed by atoms with van der Waals surface area (Å²) in [6.07, 6.45) is 9.43. The summed E-state index contributed by atoms with van der Waals surface area (Å²) < 4.78 is 0. The normalized spacial score (nSPS) is 34.4. The Morgan fingerprint density at radius 2 is 1.84 bits per heavy atom. The van der Waals surface area contributed by atoms with Gasteiger partial charge in [0.2, 0.25) is 0 Å². The molecule has 3 heteroatoms. The number of aliphatic hydroxyl groups is 1. The quantitative estimate of drug-likeness (QED) is 0.717. The molecule has 0 amide bonds. The van der Waals surface area contributed by atoms with Crippen LogP contribution in [-0.4, -0.2) is 36.4 Å². The molecule has 0 bridgehead atoms. The Bertz CT molecular complexity index is 251. The summed E-state index contributed by atoms with van der Waals surface area (Å²) in [5, 5.41) is 17.0. The van der Waals surface area contributed by atoms with Crippen molar-refractivity contribution in [3.8, 4) is 0 Å². The van der Waals surface area contributed by atoms with Gasteiger partial charge in [-0.05, 0) is 44.1 Å². The number of hydrogen-bond donors (Lipinski definition) is 3. The van der Waals surface area contributed by atoms with E-state index in [0.717, 1.165) is 5.92 Å². The molecule has 0 aromatic carbocycles. The molecule has 1 saturated heterocycles. The van der Waals surface area contributed by atoms with Gasteiger partial charge in [-0.1, -0.05) is 33.1 Å². The number of piperidine rings is 1. The van der Waals surface area contributed by atoms with Gasteiger partial charge in [0.15, 0.2) is 0 Å². The third-order valence-corrected chi connectivity index (χ3v) is 5.11. The Balaban J connectivity index is 1.94. The van der Waals surface area contributed by atoms with Crippen molar-refractivity contribution in [1.29, 1.82) is 0 Å². The Morgan fingerprint density at radius 3 is 2.47 bits per heavy atom. The average Bonchev–Trinajstić information content (AvgIpc) is 2.45. The molecule has 0 aromatic rings. The lowest BCUT2D eigenvalue weighted by molar-refractivity contribution is 0.136. The molecular weight excluding hydrogens is 236 g/mol. The van der Waals surface area contributed by atoms with Gasteiger partial charge in [0.1, 0.15) is 0 Å². The maximum atomic E-state index is 9.55. The number of aliphatic hydroxyl groups excluding tert-OH is 1. The molecule has 0 aromatic heterocycles. The average molecular weight is 268 g/mol. The zero-order valence-electron chi connectivity index (χ0n) is 12.7. The standard InChI is InChI=1S/C16H32N2O/c1-12(2)16(11-19)18-15-9-4-3-7-13(15)14-8-5-6-10-17-14/h12-19H,3-11H2,1-2H3/t13?,14?,15?,16-/m1/s1. The molecule has 112 valence electrons. The summed E-state index contributed by atoms with van der Waals surface area (Å²) in [4.78, 5) is 0. The molecule has 2 rings (SSSR count). The largest absolute Gasteiger partial charge is 0.395 e. The summed E-state index contributed by atoms with van der Waals surface area (Å²) in [5.41, 5.74) is 0. The van der Waals surface area contributed by atoms with Gasteiger partial charge in [0.05, 0.1) is 6.61 Å². The molecule has 3 nitrogen and oxygen atoms in total. The van der Waals surface area contributed by atoms with Crippen molar-refractivity contribution < 1.29 is 5.11 Å². The van der Waals surface area contributed by atoms with Crippen LogP contribution in [0, 0.1) is 11.8 Å². The second kappa shape index (κ2) is 7.61. The van der Waals surface area contributed by atoms with Gasteiger partial charge < -0.3 is 15.7 Å². The van der Waals surface area contributed by atoms with E-state index in [2.05, 4.69) is 24.5 Å². The summed E-state index contributed by atoms with van der Waals surface area (Å²) >= 11 is 0. The molecule has 0 spiro atoms. The minimum Gasteiger partial charge on any atom is -0.395 e. The van der Waals surface area contributed by atoms with Crippen molar-refractivity contribution in [1.82, 2.24) is 10.6 Å². The van der Waals surface area contributed by atoms with Crippen molar-refractivity contribution in [2.24, 2.45) is 11.8 Å². The highest BCUT2D eigenvalue weighted by Crippen LogP contribution is 2.31. The number of nitrogens with one attached hydrogen (secondary N) is 2. The van der Waals surface area contributed by atoms with Crippen molar-refractivity contribution in [3.05, 3.63) is 0 Å². The second-order valence-electron chi connectivity index (χ2n) is 6.81. The van der Waals surface area contributed by atoms with Crippen molar-refractivity contribution in [2.45, 2.75) is 76.9 Å². The fourth-order valence-corrected chi connectivity index (χ4v) is 3.82. The Hall–Kier alpha value is -0.120. The van der Waals surface area contributed by atoms with Crippen LogP contribution in [0.25, 0.3) is 0 Å². The summed E-state index contributed by atoms with van der Waals surface area (Å²) in [6, 6.07) is 1.57. The van der Waals surface area contributed by atoms with Crippen LogP contribution in [-0.2, 0) is 0 Å². The molecule has 4 atom stereocenters. The zero-order valence-corrected chi connectivity index (χ0v) is 12.7. The molecule has 1 saturated carbocycles. The lowest BCUT2D eigenvalue weighted by Gasteiger charge is -2.41. The van der Waals surface area contributed by atoms with E-state index in [1.165, 1.54) is 51.5 Å². The molecule has 3 unspecified atom stereocenters. The summed E-state index contributed by atoms with van der Waals surface area (Å²) in [7, 11) is 0. The molecular formula is C16H32N2O. The highest BCUT2D eigenvalue weighted by Gasteiger charge is 2.33. The first-order chi connectivity index (χ1) is 9.22.